The molecule has 0 unspecified atom stereocenters. The van der Waals surface area contributed by atoms with E-state index in [1.54, 1.807) is 0 Å². The second-order valence-electron chi connectivity index (χ2n) is 6.34. The Balaban J connectivity index is 1.72. The molecule has 1 aromatic rings. The second kappa shape index (κ2) is 8.79. The van der Waals surface area contributed by atoms with E-state index in [2.05, 4.69) is 64.4 Å². The third-order valence-electron chi connectivity index (χ3n) is 4.42. The lowest BCUT2D eigenvalue weighted by Gasteiger charge is -2.30. The number of nitrogens with one attached hydrogen (secondary N) is 1. The molecular formula is C18H30N4. The van der Waals surface area contributed by atoms with Gasteiger partial charge in [-0.15, -0.1) is 0 Å². The maximum Gasteiger partial charge on any atom is 0.193 e. The van der Waals surface area contributed by atoms with Crippen molar-refractivity contribution in [1.82, 2.24) is 15.1 Å². The molecular weight excluding hydrogens is 272 g/mol. The molecule has 0 atom stereocenters. The first-order valence-corrected chi connectivity index (χ1v) is 8.37. The van der Waals surface area contributed by atoms with Crippen LogP contribution in [0.15, 0.2) is 35.3 Å². The minimum Gasteiger partial charge on any atom is -0.355 e. The van der Waals surface area contributed by atoms with Crippen LogP contribution >= 0.6 is 0 Å². The molecule has 1 aliphatic rings. The standard InChI is InChI=1S/C18H30N4/c1-16-9-12-22(13-10-16)14-11-20-18(19-2)21(3)15-17-7-5-4-6-8-17/h4-8,16H,9-15H2,1-3H3,(H,19,20). The van der Waals surface area contributed by atoms with Crippen LogP contribution in [0.1, 0.15) is 25.3 Å². The van der Waals surface area contributed by atoms with E-state index in [9.17, 15) is 0 Å². The van der Waals surface area contributed by atoms with Crippen molar-refractivity contribution in [3.05, 3.63) is 35.9 Å². The molecule has 0 aliphatic carbocycles. The van der Waals surface area contributed by atoms with Crippen molar-refractivity contribution in [2.24, 2.45) is 10.9 Å². The lowest BCUT2D eigenvalue weighted by atomic mass is 9.99. The monoisotopic (exact) mass is 302 g/mol. The molecule has 0 aromatic heterocycles. The first-order valence-electron chi connectivity index (χ1n) is 8.37. The summed E-state index contributed by atoms with van der Waals surface area (Å²) >= 11 is 0. The second-order valence-corrected chi connectivity index (χ2v) is 6.34. The van der Waals surface area contributed by atoms with Crippen LogP contribution in [0.2, 0.25) is 0 Å². The first-order chi connectivity index (χ1) is 10.7. The van der Waals surface area contributed by atoms with Crippen molar-refractivity contribution < 1.29 is 0 Å². The van der Waals surface area contributed by atoms with E-state index in [0.717, 1.165) is 31.5 Å². The van der Waals surface area contributed by atoms with E-state index in [4.69, 9.17) is 0 Å². The zero-order valence-electron chi connectivity index (χ0n) is 14.3. The van der Waals surface area contributed by atoms with Gasteiger partial charge in [0.25, 0.3) is 0 Å². The molecule has 2 rings (SSSR count). The number of likely N-dealkylation sites (tertiary alicyclic amines) is 1. The van der Waals surface area contributed by atoms with Gasteiger partial charge in [0.05, 0.1) is 0 Å². The quantitative estimate of drug-likeness (QED) is 0.669. The van der Waals surface area contributed by atoms with Gasteiger partial charge in [-0.3, -0.25) is 4.99 Å². The molecule has 1 N–H and O–H groups in total. The van der Waals surface area contributed by atoms with Gasteiger partial charge >= 0.3 is 0 Å². The molecule has 122 valence electrons. The molecule has 22 heavy (non-hydrogen) atoms. The summed E-state index contributed by atoms with van der Waals surface area (Å²) in [6, 6.07) is 10.5. The number of guanidine groups is 1. The summed E-state index contributed by atoms with van der Waals surface area (Å²) in [5.41, 5.74) is 1.30. The Labute approximate surface area is 135 Å². The lowest BCUT2D eigenvalue weighted by molar-refractivity contribution is 0.195. The van der Waals surface area contributed by atoms with Gasteiger partial charge in [-0.2, -0.15) is 0 Å². The van der Waals surface area contributed by atoms with Gasteiger partial charge in [0.2, 0.25) is 0 Å². The van der Waals surface area contributed by atoms with Crippen molar-refractivity contribution in [1.29, 1.82) is 0 Å². The lowest BCUT2D eigenvalue weighted by Crippen LogP contribution is -2.43. The predicted molar refractivity (Wildman–Crippen MR) is 94.1 cm³/mol. The van der Waals surface area contributed by atoms with Crippen LogP contribution in [-0.4, -0.2) is 56.0 Å². The molecule has 0 saturated carbocycles. The largest absolute Gasteiger partial charge is 0.355 e. The van der Waals surface area contributed by atoms with Gasteiger partial charge in [0, 0.05) is 33.7 Å². The summed E-state index contributed by atoms with van der Waals surface area (Å²) in [4.78, 5) is 9.12. The normalized spacial score (nSPS) is 17.5. The number of benzene rings is 1. The van der Waals surface area contributed by atoms with Gasteiger partial charge in [0.15, 0.2) is 5.96 Å². The van der Waals surface area contributed by atoms with Crippen LogP contribution < -0.4 is 5.32 Å². The highest BCUT2D eigenvalue weighted by atomic mass is 15.3. The fourth-order valence-electron chi connectivity index (χ4n) is 2.93. The van der Waals surface area contributed by atoms with Crippen molar-refractivity contribution in [2.75, 3.05) is 40.3 Å². The van der Waals surface area contributed by atoms with E-state index in [1.165, 1.54) is 31.5 Å². The Hall–Kier alpha value is -1.55. The smallest absolute Gasteiger partial charge is 0.193 e. The summed E-state index contributed by atoms with van der Waals surface area (Å²) in [7, 11) is 3.94. The van der Waals surface area contributed by atoms with Gasteiger partial charge in [0.1, 0.15) is 0 Å². The maximum atomic E-state index is 4.39. The number of piperidine rings is 1. The van der Waals surface area contributed by atoms with Crippen LogP contribution in [-0.2, 0) is 6.54 Å². The molecule has 0 bridgehead atoms. The molecule has 4 heteroatoms. The van der Waals surface area contributed by atoms with Gasteiger partial charge in [-0.1, -0.05) is 37.3 Å². The number of hydrogen-bond donors (Lipinski definition) is 1. The Morgan fingerprint density at radius 2 is 1.95 bits per heavy atom. The Kier molecular flexibility index (Phi) is 6.72. The summed E-state index contributed by atoms with van der Waals surface area (Å²) < 4.78 is 0. The van der Waals surface area contributed by atoms with E-state index in [1.807, 2.05) is 7.05 Å². The fraction of sp³-hybridized carbons (Fsp3) is 0.611. The average molecular weight is 302 g/mol. The summed E-state index contributed by atoms with van der Waals surface area (Å²) in [6.07, 6.45) is 2.67. The molecule has 1 fully saturated rings. The van der Waals surface area contributed by atoms with Crippen LogP contribution in [0.5, 0.6) is 0 Å². The Bertz CT molecular complexity index is 449. The Morgan fingerprint density at radius 3 is 2.59 bits per heavy atom. The minimum absolute atomic E-state index is 0.877. The van der Waals surface area contributed by atoms with Crippen LogP contribution in [0.3, 0.4) is 0 Å². The third kappa shape index (κ3) is 5.34. The van der Waals surface area contributed by atoms with E-state index in [-0.39, 0.29) is 0 Å². The number of nitrogens with zero attached hydrogens (tertiary/aromatic N) is 3. The number of rotatable bonds is 5. The summed E-state index contributed by atoms with van der Waals surface area (Å²) in [5, 5.41) is 3.48. The molecule has 4 nitrogen and oxygen atoms in total. The molecule has 0 spiro atoms. The molecule has 1 heterocycles. The molecule has 1 saturated heterocycles. The van der Waals surface area contributed by atoms with E-state index in [0.29, 0.717) is 0 Å². The zero-order valence-corrected chi connectivity index (χ0v) is 14.3. The van der Waals surface area contributed by atoms with E-state index < -0.39 is 0 Å². The third-order valence-corrected chi connectivity index (χ3v) is 4.42. The van der Waals surface area contributed by atoms with Crippen LogP contribution in [0, 0.1) is 5.92 Å². The highest BCUT2D eigenvalue weighted by Gasteiger charge is 2.15. The maximum absolute atomic E-state index is 4.39. The summed E-state index contributed by atoms with van der Waals surface area (Å²) in [5.74, 6) is 1.86. The van der Waals surface area contributed by atoms with Crippen molar-refractivity contribution in [3.63, 3.8) is 0 Å². The zero-order chi connectivity index (χ0) is 15.8. The highest BCUT2D eigenvalue weighted by Crippen LogP contribution is 2.15. The fourth-order valence-corrected chi connectivity index (χ4v) is 2.93. The molecule has 1 aliphatic heterocycles. The summed E-state index contributed by atoms with van der Waals surface area (Å²) in [6.45, 7) is 7.77. The van der Waals surface area contributed by atoms with Crippen LogP contribution in [0.4, 0.5) is 0 Å². The minimum atomic E-state index is 0.877. The van der Waals surface area contributed by atoms with Gasteiger partial charge < -0.3 is 15.1 Å². The van der Waals surface area contributed by atoms with Crippen molar-refractivity contribution in [3.8, 4) is 0 Å². The van der Waals surface area contributed by atoms with Crippen molar-refractivity contribution >= 4 is 5.96 Å². The van der Waals surface area contributed by atoms with Crippen molar-refractivity contribution in [2.45, 2.75) is 26.3 Å². The SMILES string of the molecule is CN=C(NCCN1CCC(C)CC1)N(C)Cc1ccccc1. The first kappa shape index (κ1) is 16.8. The number of hydrogen-bond acceptors (Lipinski definition) is 2. The van der Waals surface area contributed by atoms with Gasteiger partial charge in [-0.05, 0) is 37.4 Å². The predicted octanol–water partition coefficient (Wildman–Crippen LogP) is 2.43. The highest BCUT2D eigenvalue weighted by molar-refractivity contribution is 5.79. The molecule has 0 amide bonds. The average Bonchev–Trinajstić information content (AvgIpc) is 2.54. The topological polar surface area (TPSA) is 30.9 Å². The van der Waals surface area contributed by atoms with E-state index >= 15 is 0 Å². The molecule has 0 radical (unpaired) electrons. The van der Waals surface area contributed by atoms with Gasteiger partial charge in [-0.25, -0.2) is 0 Å². The van der Waals surface area contributed by atoms with Crippen LogP contribution in [0.25, 0.3) is 0 Å². The number of aliphatic imine (C=N–C) groups is 1. The Morgan fingerprint density at radius 1 is 1.27 bits per heavy atom. The molecule has 1 aromatic carbocycles.